The summed E-state index contributed by atoms with van der Waals surface area (Å²) in [4.78, 5) is 50.8. The Morgan fingerprint density at radius 2 is 1.76 bits per heavy atom. The first-order valence-corrected chi connectivity index (χ1v) is 11.6. The lowest BCUT2D eigenvalue weighted by Gasteiger charge is -2.50. The van der Waals surface area contributed by atoms with E-state index in [0.717, 1.165) is 0 Å². The van der Waals surface area contributed by atoms with Crippen molar-refractivity contribution in [1.29, 1.82) is 0 Å². The van der Waals surface area contributed by atoms with Gasteiger partial charge in [-0.25, -0.2) is 4.79 Å². The summed E-state index contributed by atoms with van der Waals surface area (Å²) in [6.07, 6.45) is -2.17. The highest BCUT2D eigenvalue weighted by Crippen LogP contribution is 2.55. The summed E-state index contributed by atoms with van der Waals surface area (Å²) in [5.41, 5.74) is 0.130. The Bertz CT molecular complexity index is 1320. The third-order valence-electron chi connectivity index (χ3n) is 7.24. The predicted octanol–water partition coefficient (Wildman–Crippen LogP) is 1.03. The first-order valence-electron chi connectivity index (χ1n) is 11.6. The van der Waals surface area contributed by atoms with Crippen molar-refractivity contribution in [3.05, 3.63) is 45.9 Å². The van der Waals surface area contributed by atoms with Crippen molar-refractivity contribution in [1.82, 2.24) is 5.32 Å². The van der Waals surface area contributed by atoms with Crippen LogP contribution in [0.1, 0.15) is 56.0 Å². The van der Waals surface area contributed by atoms with Gasteiger partial charge >= 0.3 is 6.03 Å². The summed E-state index contributed by atoms with van der Waals surface area (Å²) in [5, 5.41) is 60.0. The number of allylic oxidation sites excluding steroid dienone is 1. The number of nitrogens with one attached hydrogen (secondary N) is 2. The van der Waals surface area contributed by atoms with Crippen LogP contribution in [0.5, 0.6) is 5.75 Å². The van der Waals surface area contributed by atoms with E-state index in [-0.39, 0.29) is 11.3 Å². The summed E-state index contributed by atoms with van der Waals surface area (Å²) in [7, 11) is 0. The number of anilines is 1. The zero-order chi connectivity index (χ0) is 27.8. The lowest BCUT2D eigenvalue weighted by molar-refractivity contribution is -0.154. The monoisotopic (exact) mass is 515 g/mol. The van der Waals surface area contributed by atoms with E-state index >= 15 is 0 Å². The molecule has 1 aromatic carbocycles. The summed E-state index contributed by atoms with van der Waals surface area (Å²) in [6, 6.07) is 2.22. The maximum atomic E-state index is 13.7. The highest BCUT2D eigenvalue weighted by Gasteiger charge is 2.64. The molecule has 37 heavy (non-hydrogen) atoms. The van der Waals surface area contributed by atoms with Crippen LogP contribution in [0.25, 0.3) is 0 Å². The molecule has 0 unspecified atom stereocenters. The van der Waals surface area contributed by atoms with Crippen molar-refractivity contribution >= 4 is 29.2 Å². The average molecular weight is 516 g/mol. The predicted molar refractivity (Wildman–Crippen MR) is 129 cm³/mol. The summed E-state index contributed by atoms with van der Waals surface area (Å²) in [5.74, 6) is -9.52. The van der Waals surface area contributed by atoms with E-state index in [1.807, 2.05) is 0 Å². The highest BCUT2D eigenvalue weighted by atomic mass is 16.4. The molecule has 3 amide bonds. The van der Waals surface area contributed by atoms with Crippen LogP contribution in [0.15, 0.2) is 34.8 Å². The summed E-state index contributed by atoms with van der Waals surface area (Å²) < 4.78 is 0. The molecule has 12 heteroatoms. The van der Waals surface area contributed by atoms with E-state index in [0.29, 0.717) is 5.56 Å². The van der Waals surface area contributed by atoms with E-state index in [1.54, 1.807) is 27.7 Å². The molecule has 0 saturated heterocycles. The Labute approximate surface area is 211 Å². The smallest absolute Gasteiger partial charge is 0.319 e. The lowest BCUT2D eigenvalue weighted by Crippen LogP contribution is -2.62. The van der Waals surface area contributed by atoms with E-state index in [1.165, 1.54) is 12.1 Å². The van der Waals surface area contributed by atoms with E-state index in [9.17, 15) is 44.7 Å². The summed E-state index contributed by atoms with van der Waals surface area (Å²) in [6.45, 7) is 6.86. The van der Waals surface area contributed by atoms with Gasteiger partial charge in [0.2, 0.25) is 5.78 Å². The van der Waals surface area contributed by atoms with Gasteiger partial charge < -0.3 is 41.9 Å². The van der Waals surface area contributed by atoms with Gasteiger partial charge in [-0.2, -0.15) is 0 Å². The molecule has 0 aromatic heterocycles. The minimum atomic E-state index is -2.91. The zero-order valence-corrected chi connectivity index (χ0v) is 20.6. The van der Waals surface area contributed by atoms with Crippen molar-refractivity contribution in [3.63, 3.8) is 0 Å². The molecule has 3 aliphatic carbocycles. The number of phenolic OH excluding ortho intramolecular Hbond substituents is 1. The molecular weight excluding hydrogens is 486 g/mol. The van der Waals surface area contributed by atoms with Crippen molar-refractivity contribution in [3.8, 4) is 5.75 Å². The molecule has 3 aliphatic rings. The zero-order valence-electron chi connectivity index (χ0n) is 20.6. The number of carbonyl (C=O) groups is 4. The molecule has 5 atom stereocenters. The maximum absolute atomic E-state index is 13.7. The first kappa shape index (κ1) is 26.2. The number of amides is 3. The number of fused-ring (bicyclic) bond motifs is 3. The Morgan fingerprint density at radius 1 is 1.14 bits per heavy atom. The molecule has 1 aromatic rings. The number of carbonyl (C=O) groups excluding carboxylic acids is 4. The Kier molecular flexibility index (Phi) is 5.88. The number of hydrogen-bond donors (Lipinski definition) is 8. The van der Waals surface area contributed by atoms with Crippen molar-refractivity contribution in [2.24, 2.45) is 17.6 Å². The van der Waals surface area contributed by atoms with Crippen LogP contribution >= 0.6 is 0 Å². The fraction of sp³-hybridized carbons (Fsp3) is 0.440. The van der Waals surface area contributed by atoms with Crippen LogP contribution in [-0.2, 0) is 9.59 Å². The van der Waals surface area contributed by atoms with Gasteiger partial charge in [0.15, 0.2) is 17.1 Å². The van der Waals surface area contributed by atoms with Gasteiger partial charge in [-0.3, -0.25) is 14.4 Å². The van der Waals surface area contributed by atoms with Crippen LogP contribution in [0.4, 0.5) is 10.5 Å². The lowest BCUT2D eigenvalue weighted by atomic mass is 9.56. The van der Waals surface area contributed by atoms with Gasteiger partial charge in [0, 0.05) is 29.4 Å². The van der Waals surface area contributed by atoms with Crippen LogP contribution < -0.4 is 16.4 Å². The number of rotatable bonds is 2. The molecule has 0 saturated carbocycles. The SMILES string of the molecule is C[C@H]1c2ccc(NC(=O)NC(C)(C)C)c(O)c2C(=O)C2=C(O)[C@]3(O)C(=O)C(C(N)=O)=C(O)C[C@@H]3[C@@H](O)[C@@H]21. The van der Waals surface area contributed by atoms with E-state index < -0.39 is 93.3 Å². The first-order chi connectivity index (χ1) is 17.0. The average Bonchev–Trinajstić information content (AvgIpc) is 2.76. The highest BCUT2D eigenvalue weighted by molar-refractivity contribution is 6.24. The van der Waals surface area contributed by atoms with Gasteiger partial charge in [0.25, 0.3) is 5.91 Å². The van der Waals surface area contributed by atoms with Gasteiger partial charge in [-0.15, -0.1) is 0 Å². The number of phenols is 1. The minimum Gasteiger partial charge on any atom is -0.511 e. The molecular formula is C25H29N3O9. The fourth-order valence-electron chi connectivity index (χ4n) is 5.59. The molecule has 0 fully saturated rings. The number of aliphatic hydroxyl groups excluding tert-OH is 3. The molecule has 0 spiro atoms. The number of aliphatic hydroxyl groups is 4. The Balaban J connectivity index is 1.86. The quantitative estimate of drug-likeness (QED) is 0.208. The van der Waals surface area contributed by atoms with Gasteiger partial charge in [-0.05, 0) is 38.3 Å². The summed E-state index contributed by atoms with van der Waals surface area (Å²) >= 11 is 0. The van der Waals surface area contributed by atoms with Crippen molar-refractivity contribution < 1.29 is 44.7 Å². The van der Waals surface area contributed by atoms with Crippen LogP contribution in [0.2, 0.25) is 0 Å². The number of benzene rings is 1. The number of primary amides is 1. The number of urea groups is 1. The molecule has 0 radical (unpaired) electrons. The Hall–Kier alpha value is -3.90. The fourth-order valence-corrected chi connectivity index (χ4v) is 5.59. The second kappa shape index (κ2) is 8.32. The molecule has 0 aliphatic heterocycles. The normalized spacial score (nSPS) is 29.4. The van der Waals surface area contributed by atoms with Gasteiger partial charge in [0.1, 0.15) is 17.1 Å². The van der Waals surface area contributed by atoms with Crippen LogP contribution in [0, 0.1) is 11.8 Å². The van der Waals surface area contributed by atoms with Crippen LogP contribution in [-0.4, -0.2) is 66.3 Å². The standard InChI is InChI=1S/C25H29N3O9/c1-8-9-5-6-11(27-23(36)28-24(2,3)4)18(31)14(9)19(32)16-13(8)17(30)10-7-12(29)15(22(26)35)20(33)25(10,37)21(16)34/h5-6,8,10,13,17,29-31,34,37H,7H2,1-4H3,(H2,26,35)(H2,27,28,36)/t8-,10+,13+,17+,25+/m0/s1. The second-order valence-electron chi connectivity index (χ2n) is 10.7. The third kappa shape index (κ3) is 3.75. The van der Waals surface area contributed by atoms with E-state index in [2.05, 4.69) is 10.6 Å². The van der Waals surface area contributed by atoms with Crippen molar-refractivity contribution in [2.45, 2.75) is 57.3 Å². The topological polar surface area (TPSA) is 220 Å². The minimum absolute atomic E-state index is 0.106. The number of nitrogens with two attached hydrogens (primary N) is 1. The number of hydrogen-bond acceptors (Lipinski definition) is 9. The van der Waals surface area contributed by atoms with E-state index in [4.69, 9.17) is 5.73 Å². The number of Topliss-reactive ketones (excluding diaryl/α,β-unsaturated/α-hetero) is 2. The third-order valence-corrected chi connectivity index (χ3v) is 7.24. The molecule has 12 nitrogen and oxygen atoms in total. The largest absolute Gasteiger partial charge is 0.511 e. The molecule has 9 N–H and O–H groups in total. The second-order valence-corrected chi connectivity index (χ2v) is 10.7. The van der Waals surface area contributed by atoms with Crippen LogP contribution in [0.3, 0.4) is 0 Å². The molecule has 0 bridgehead atoms. The number of ketones is 2. The number of aromatic hydroxyl groups is 1. The van der Waals surface area contributed by atoms with Gasteiger partial charge in [0.05, 0.1) is 17.4 Å². The maximum Gasteiger partial charge on any atom is 0.319 e. The molecule has 198 valence electrons. The van der Waals surface area contributed by atoms with Gasteiger partial charge in [-0.1, -0.05) is 13.0 Å². The molecule has 4 rings (SSSR count). The Morgan fingerprint density at radius 3 is 2.32 bits per heavy atom. The van der Waals surface area contributed by atoms with Crippen molar-refractivity contribution in [2.75, 3.05) is 5.32 Å². The molecule has 0 heterocycles.